The van der Waals surface area contributed by atoms with Crippen molar-refractivity contribution < 1.29 is 17.9 Å². The van der Waals surface area contributed by atoms with Gasteiger partial charge in [0.2, 0.25) is 10.0 Å². The maximum atomic E-state index is 12.0. The van der Waals surface area contributed by atoms with E-state index in [1.54, 1.807) is 0 Å². The Balaban J connectivity index is 4.32. The molecule has 0 atom stereocenters. The minimum Gasteiger partial charge on any atom is -0.380 e. The van der Waals surface area contributed by atoms with Crippen LogP contribution < -0.4 is 0 Å². The summed E-state index contributed by atoms with van der Waals surface area (Å²) < 4.78 is 35.9. The number of alkyl halides is 1. The minimum atomic E-state index is -3.26. The molecule has 0 aliphatic carbocycles. The highest BCUT2D eigenvalue weighted by atomic mass is 35.5. The summed E-state index contributed by atoms with van der Waals surface area (Å²) >= 11 is 5.53. The highest BCUT2D eigenvalue weighted by Gasteiger charge is 2.20. The van der Waals surface area contributed by atoms with Crippen LogP contribution in [0.2, 0.25) is 0 Å². The molecule has 18 heavy (non-hydrogen) atoms. The zero-order valence-electron chi connectivity index (χ0n) is 11.2. The maximum absolute atomic E-state index is 12.0. The van der Waals surface area contributed by atoms with Crippen molar-refractivity contribution in [3.05, 3.63) is 0 Å². The van der Waals surface area contributed by atoms with Gasteiger partial charge in [0.1, 0.15) is 0 Å². The minimum absolute atomic E-state index is 0.0781. The molecule has 0 rings (SSSR count). The molecule has 0 radical (unpaired) electrons. The van der Waals surface area contributed by atoms with Crippen LogP contribution in [0, 0.1) is 0 Å². The molecule has 0 amide bonds. The van der Waals surface area contributed by atoms with E-state index in [2.05, 4.69) is 0 Å². The van der Waals surface area contributed by atoms with E-state index >= 15 is 0 Å². The zero-order valence-corrected chi connectivity index (χ0v) is 12.8. The molecule has 0 aliphatic heterocycles. The van der Waals surface area contributed by atoms with Gasteiger partial charge in [-0.3, -0.25) is 0 Å². The quantitative estimate of drug-likeness (QED) is 0.403. The molecule has 110 valence electrons. The van der Waals surface area contributed by atoms with Gasteiger partial charge in [0.15, 0.2) is 0 Å². The van der Waals surface area contributed by atoms with Gasteiger partial charge in [-0.05, 0) is 20.3 Å². The number of hydrogen-bond donors (Lipinski definition) is 0. The van der Waals surface area contributed by atoms with Crippen molar-refractivity contribution >= 4 is 21.6 Å². The van der Waals surface area contributed by atoms with Crippen LogP contribution >= 0.6 is 11.6 Å². The van der Waals surface area contributed by atoms with E-state index in [4.69, 9.17) is 21.1 Å². The number of halogens is 1. The fraction of sp³-hybridized carbons (Fsp3) is 1.00. The third-order valence-electron chi connectivity index (χ3n) is 2.31. The van der Waals surface area contributed by atoms with Crippen molar-refractivity contribution in [3.8, 4) is 0 Å². The molecule has 0 fully saturated rings. The van der Waals surface area contributed by atoms with E-state index in [-0.39, 0.29) is 5.75 Å². The Hall–Kier alpha value is 0.120. The molecule has 7 heteroatoms. The van der Waals surface area contributed by atoms with Gasteiger partial charge in [0.05, 0.1) is 19.0 Å². The van der Waals surface area contributed by atoms with Gasteiger partial charge in [-0.2, -0.15) is 4.31 Å². The maximum Gasteiger partial charge on any atom is 0.214 e. The summed E-state index contributed by atoms with van der Waals surface area (Å²) in [6, 6.07) is 0. The lowest BCUT2D eigenvalue weighted by molar-refractivity contribution is 0.110. The van der Waals surface area contributed by atoms with Crippen molar-refractivity contribution in [3.63, 3.8) is 0 Å². The van der Waals surface area contributed by atoms with Crippen molar-refractivity contribution in [2.24, 2.45) is 0 Å². The summed E-state index contributed by atoms with van der Waals surface area (Å²) in [6.45, 7) is 6.48. The fourth-order valence-corrected chi connectivity index (χ4v) is 3.14. The molecular weight excluding hydrogens is 278 g/mol. The number of hydrogen-bond acceptors (Lipinski definition) is 4. The molecule has 0 saturated carbocycles. The van der Waals surface area contributed by atoms with Gasteiger partial charge < -0.3 is 9.47 Å². The number of rotatable bonds is 12. The average molecular weight is 302 g/mol. The van der Waals surface area contributed by atoms with E-state index in [1.165, 1.54) is 4.31 Å². The second kappa shape index (κ2) is 11.0. The molecule has 0 aromatic rings. The summed E-state index contributed by atoms with van der Waals surface area (Å²) in [6.07, 6.45) is 0.462. The fourth-order valence-electron chi connectivity index (χ4n) is 1.38. The van der Waals surface area contributed by atoms with E-state index < -0.39 is 10.0 Å². The van der Waals surface area contributed by atoms with E-state index in [9.17, 15) is 8.42 Å². The second-order valence-electron chi connectivity index (χ2n) is 3.65. The first kappa shape index (κ1) is 18.1. The predicted molar refractivity (Wildman–Crippen MR) is 73.7 cm³/mol. The van der Waals surface area contributed by atoms with Crippen LogP contribution in [0.25, 0.3) is 0 Å². The monoisotopic (exact) mass is 301 g/mol. The Morgan fingerprint density at radius 3 is 1.94 bits per heavy atom. The summed E-state index contributed by atoms with van der Waals surface area (Å²) in [5, 5.41) is 0. The van der Waals surface area contributed by atoms with E-state index in [1.807, 2.05) is 13.8 Å². The molecule has 0 unspecified atom stereocenters. The standard InChI is InChI=1S/C11H24ClNO4S/c1-3-16-9-7-13(8-10-17-4-2)18(14,15)11-5-6-12/h3-11H2,1-2H3. The molecule has 0 heterocycles. The van der Waals surface area contributed by atoms with Crippen LogP contribution in [0.15, 0.2) is 0 Å². The highest BCUT2D eigenvalue weighted by Crippen LogP contribution is 2.04. The third kappa shape index (κ3) is 8.26. The van der Waals surface area contributed by atoms with Crippen LogP contribution in [-0.2, 0) is 19.5 Å². The summed E-state index contributed by atoms with van der Waals surface area (Å²) in [5.74, 6) is 0.429. The van der Waals surface area contributed by atoms with Gasteiger partial charge in [0, 0.05) is 32.2 Å². The molecule has 0 aromatic carbocycles. The molecular formula is C11H24ClNO4S. The summed E-state index contributed by atoms with van der Waals surface area (Å²) in [4.78, 5) is 0. The molecule has 0 aliphatic rings. The zero-order chi connectivity index (χ0) is 13.9. The molecule has 0 spiro atoms. The molecule has 0 bridgehead atoms. The summed E-state index contributed by atoms with van der Waals surface area (Å²) in [7, 11) is -3.26. The SMILES string of the molecule is CCOCCN(CCOCC)S(=O)(=O)CCCCl. The Bertz CT molecular complexity index is 275. The molecule has 0 aromatic heterocycles. The molecule has 0 N–H and O–H groups in total. The van der Waals surface area contributed by atoms with E-state index in [0.717, 1.165) is 0 Å². The normalized spacial score (nSPS) is 12.2. The average Bonchev–Trinajstić information content (AvgIpc) is 2.35. The lowest BCUT2D eigenvalue weighted by Gasteiger charge is -2.21. The second-order valence-corrected chi connectivity index (χ2v) is 6.12. The number of ether oxygens (including phenoxy) is 2. The summed E-state index contributed by atoms with van der Waals surface area (Å²) in [5.41, 5.74) is 0. The first-order chi connectivity index (χ1) is 8.58. The smallest absolute Gasteiger partial charge is 0.214 e. The van der Waals surface area contributed by atoms with Gasteiger partial charge in [0.25, 0.3) is 0 Å². The van der Waals surface area contributed by atoms with Crippen LogP contribution in [0.5, 0.6) is 0 Å². The van der Waals surface area contributed by atoms with E-state index in [0.29, 0.717) is 51.8 Å². The predicted octanol–water partition coefficient (Wildman–Crippen LogP) is 1.32. The van der Waals surface area contributed by atoms with Gasteiger partial charge >= 0.3 is 0 Å². The molecule has 5 nitrogen and oxygen atoms in total. The largest absolute Gasteiger partial charge is 0.380 e. The van der Waals surface area contributed by atoms with Crippen molar-refractivity contribution in [1.82, 2.24) is 4.31 Å². The van der Waals surface area contributed by atoms with Crippen LogP contribution in [-0.4, -0.2) is 63.9 Å². The Kier molecular flexibility index (Phi) is 11.1. The van der Waals surface area contributed by atoms with Crippen molar-refractivity contribution in [2.75, 3.05) is 51.1 Å². The van der Waals surface area contributed by atoms with Crippen LogP contribution in [0.3, 0.4) is 0 Å². The van der Waals surface area contributed by atoms with Gasteiger partial charge in [-0.15, -0.1) is 11.6 Å². The van der Waals surface area contributed by atoms with Crippen LogP contribution in [0.4, 0.5) is 0 Å². The van der Waals surface area contributed by atoms with Gasteiger partial charge in [-0.25, -0.2) is 8.42 Å². The van der Waals surface area contributed by atoms with Crippen molar-refractivity contribution in [2.45, 2.75) is 20.3 Å². The highest BCUT2D eigenvalue weighted by molar-refractivity contribution is 7.89. The molecule has 0 saturated heterocycles. The lowest BCUT2D eigenvalue weighted by atomic mass is 10.6. The Morgan fingerprint density at radius 2 is 1.56 bits per heavy atom. The third-order valence-corrected chi connectivity index (χ3v) is 4.53. The number of sulfonamides is 1. The Morgan fingerprint density at radius 1 is 1.06 bits per heavy atom. The van der Waals surface area contributed by atoms with Crippen molar-refractivity contribution in [1.29, 1.82) is 0 Å². The topological polar surface area (TPSA) is 55.8 Å². The van der Waals surface area contributed by atoms with Crippen LogP contribution in [0.1, 0.15) is 20.3 Å². The Labute approximate surface area is 115 Å². The first-order valence-electron chi connectivity index (χ1n) is 6.27. The first-order valence-corrected chi connectivity index (χ1v) is 8.42. The lowest BCUT2D eigenvalue weighted by Crippen LogP contribution is -2.38. The van der Waals surface area contributed by atoms with Gasteiger partial charge in [-0.1, -0.05) is 0 Å². The number of nitrogens with zero attached hydrogens (tertiary/aromatic N) is 1.